The van der Waals surface area contributed by atoms with Gasteiger partial charge in [0.1, 0.15) is 5.69 Å². The highest BCUT2D eigenvalue weighted by Crippen LogP contribution is 2.33. The number of aromatic nitrogens is 3. The molecule has 9 heteroatoms. The largest absolute Gasteiger partial charge is 0.363 e. The molecule has 0 saturated carbocycles. The minimum atomic E-state index is -0.575. The smallest absolute Gasteiger partial charge is 0.357 e. The summed E-state index contributed by atoms with van der Waals surface area (Å²) in [6.45, 7) is 3.49. The Balaban J connectivity index is 1.69. The van der Waals surface area contributed by atoms with Crippen molar-refractivity contribution in [2.24, 2.45) is 7.05 Å². The Bertz CT molecular complexity index is 1040. The van der Waals surface area contributed by atoms with Crippen molar-refractivity contribution in [3.8, 4) is 0 Å². The molecule has 27 heavy (non-hydrogen) atoms. The van der Waals surface area contributed by atoms with Crippen molar-refractivity contribution in [1.29, 1.82) is 0 Å². The summed E-state index contributed by atoms with van der Waals surface area (Å²) in [4.78, 5) is 28.0. The van der Waals surface area contributed by atoms with Gasteiger partial charge in [0.25, 0.3) is 0 Å². The molecule has 0 unspecified atom stereocenters. The lowest BCUT2D eigenvalue weighted by molar-refractivity contribution is -0.385. The second kappa shape index (κ2) is 6.84. The standard InChI is InChI=1S/C18H20N6O3/c1-21-15-5-3-2-4-14(15)16(17(18(21)25)24(26)27)23-10-8-22(9-11-23)12-13-6-7-19-20-13/h2-7H,8-12H2,1H3,(H,19,20). The quantitative estimate of drug-likeness (QED) is 0.553. The maximum atomic E-state index is 12.6. The first-order valence-corrected chi connectivity index (χ1v) is 8.78. The van der Waals surface area contributed by atoms with Gasteiger partial charge in [0.05, 0.1) is 10.4 Å². The summed E-state index contributed by atoms with van der Waals surface area (Å²) in [5.74, 6) is 0. The van der Waals surface area contributed by atoms with Gasteiger partial charge in [-0.3, -0.25) is 24.9 Å². The van der Waals surface area contributed by atoms with E-state index in [2.05, 4.69) is 15.1 Å². The molecule has 0 amide bonds. The number of benzene rings is 1. The van der Waals surface area contributed by atoms with Crippen LogP contribution in [-0.2, 0) is 13.6 Å². The second-order valence-corrected chi connectivity index (χ2v) is 6.68. The van der Waals surface area contributed by atoms with Gasteiger partial charge in [-0.1, -0.05) is 18.2 Å². The summed E-state index contributed by atoms with van der Waals surface area (Å²) in [5, 5.41) is 19.3. The van der Waals surface area contributed by atoms with Crippen LogP contribution in [0.4, 0.5) is 11.4 Å². The Hall–Kier alpha value is -3.20. The summed E-state index contributed by atoms with van der Waals surface area (Å²) in [5.41, 5.74) is 1.24. The zero-order valence-corrected chi connectivity index (χ0v) is 15.0. The van der Waals surface area contributed by atoms with E-state index in [1.807, 2.05) is 35.2 Å². The molecule has 0 aliphatic carbocycles. The zero-order valence-electron chi connectivity index (χ0n) is 15.0. The Kier molecular flexibility index (Phi) is 4.36. The van der Waals surface area contributed by atoms with E-state index in [1.165, 1.54) is 4.57 Å². The predicted octanol–water partition coefficient (Wildman–Crippen LogP) is 1.49. The molecule has 3 heterocycles. The number of aromatic amines is 1. The number of nitrogens with one attached hydrogen (secondary N) is 1. The van der Waals surface area contributed by atoms with E-state index < -0.39 is 10.5 Å². The molecule has 1 saturated heterocycles. The van der Waals surface area contributed by atoms with E-state index in [1.54, 1.807) is 13.2 Å². The van der Waals surface area contributed by atoms with Crippen molar-refractivity contribution in [2.75, 3.05) is 31.1 Å². The highest BCUT2D eigenvalue weighted by molar-refractivity contribution is 5.96. The predicted molar refractivity (Wildman–Crippen MR) is 102 cm³/mol. The molecular weight excluding hydrogens is 348 g/mol. The third-order valence-corrected chi connectivity index (χ3v) is 5.08. The lowest BCUT2D eigenvalue weighted by Gasteiger charge is -2.36. The molecule has 0 spiro atoms. The van der Waals surface area contributed by atoms with Crippen molar-refractivity contribution in [3.63, 3.8) is 0 Å². The monoisotopic (exact) mass is 368 g/mol. The van der Waals surface area contributed by atoms with Gasteiger partial charge in [0.15, 0.2) is 0 Å². The SMILES string of the molecule is Cn1c(=O)c([N+](=O)[O-])c(N2CCN(Cc3ccn[nH]3)CC2)c2ccccc21. The van der Waals surface area contributed by atoms with Gasteiger partial charge in [0, 0.05) is 57.0 Å². The van der Waals surface area contributed by atoms with Crippen LogP contribution in [0.3, 0.4) is 0 Å². The number of nitrogens with zero attached hydrogens (tertiary/aromatic N) is 5. The summed E-state index contributed by atoms with van der Waals surface area (Å²) >= 11 is 0. The third-order valence-electron chi connectivity index (χ3n) is 5.08. The number of anilines is 1. The average molecular weight is 368 g/mol. The van der Waals surface area contributed by atoms with Gasteiger partial charge in [-0.05, 0) is 12.1 Å². The van der Waals surface area contributed by atoms with Gasteiger partial charge < -0.3 is 9.47 Å². The highest BCUT2D eigenvalue weighted by atomic mass is 16.6. The molecule has 1 aliphatic heterocycles. The number of rotatable bonds is 4. The van der Waals surface area contributed by atoms with E-state index in [-0.39, 0.29) is 5.69 Å². The number of hydrogen-bond donors (Lipinski definition) is 1. The van der Waals surface area contributed by atoms with Crippen LogP contribution in [0.25, 0.3) is 10.9 Å². The first kappa shape index (κ1) is 17.2. The summed E-state index contributed by atoms with van der Waals surface area (Å²) in [6, 6.07) is 9.27. The molecular formula is C18H20N6O3. The summed E-state index contributed by atoms with van der Waals surface area (Å²) in [6.07, 6.45) is 1.72. The fraction of sp³-hybridized carbons (Fsp3) is 0.333. The minimum Gasteiger partial charge on any atom is -0.363 e. The van der Waals surface area contributed by atoms with Gasteiger partial charge in [0.2, 0.25) is 0 Å². The van der Waals surface area contributed by atoms with Gasteiger partial charge in [-0.15, -0.1) is 0 Å². The van der Waals surface area contributed by atoms with Crippen molar-refractivity contribution < 1.29 is 4.92 Å². The van der Waals surface area contributed by atoms with Gasteiger partial charge >= 0.3 is 11.2 Å². The molecule has 0 atom stereocenters. The molecule has 1 aliphatic rings. The van der Waals surface area contributed by atoms with Crippen molar-refractivity contribution in [3.05, 3.63) is 62.7 Å². The molecule has 4 rings (SSSR count). The molecule has 0 radical (unpaired) electrons. The molecule has 3 aromatic rings. The number of nitro groups is 1. The number of aryl methyl sites for hydroxylation is 1. The molecule has 9 nitrogen and oxygen atoms in total. The molecule has 2 aromatic heterocycles. The minimum absolute atomic E-state index is 0.349. The number of piperazine rings is 1. The van der Waals surface area contributed by atoms with Crippen LogP contribution < -0.4 is 10.5 Å². The third kappa shape index (κ3) is 3.06. The van der Waals surface area contributed by atoms with Crippen LogP contribution in [0.1, 0.15) is 5.69 Å². The van der Waals surface area contributed by atoms with Crippen LogP contribution in [0, 0.1) is 10.1 Å². The van der Waals surface area contributed by atoms with E-state index in [4.69, 9.17) is 0 Å². The normalized spacial score (nSPS) is 15.4. The lowest BCUT2D eigenvalue weighted by atomic mass is 10.1. The van der Waals surface area contributed by atoms with Crippen LogP contribution in [-0.4, -0.2) is 50.8 Å². The molecule has 1 aromatic carbocycles. The van der Waals surface area contributed by atoms with Crippen molar-refractivity contribution in [1.82, 2.24) is 19.7 Å². The Morgan fingerprint density at radius 2 is 1.93 bits per heavy atom. The first-order chi connectivity index (χ1) is 13.1. The Morgan fingerprint density at radius 3 is 2.59 bits per heavy atom. The van der Waals surface area contributed by atoms with Crippen LogP contribution in [0.15, 0.2) is 41.3 Å². The molecule has 1 fully saturated rings. The summed E-state index contributed by atoms with van der Waals surface area (Å²) < 4.78 is 1.35. The highest BCUT2D eigenvalue weighted by Gasteiger charge is 2.30. The van der Waals surface area contributed by atoms with Gasteiger partial charge in [-0.25, -0.2) is 0 Å². The maximum Gasteiger partial charge on any atom is 0.357 e. The number of fused-ring (bicyclic) bond motifs is 1. The lowest BCUT2D eigenvalue weighted by Crippen LogP contribution is -2.46. The van der Waals surface area contributed by atoms with E-state index >= 15 is 0 Å². The zero-order chi connectivity index (χ0) is 19.0. The van der Waals surface area contributed by atoms with Crippen molar-refractivity contribution in [2.45, 2.75) is 6.54 Å². The molecule has 1 N–H and O–H groups in total. The van der Waals surface area contributed by atoms with Crippen LogP contribution >= 0.6 is 0 Å². The Morgan fingerprint density at radius 1 is 1.19 bits per heavy atom. The van der Waals surface area contributed by atoms with Gasteiger partial charge in [-0.2, -0.15) is 5.10 Å². The molecule has 0 bridgehead atoms. The van der Waals surface area contributed by atoms with Crippen molar-refractivity contribution >= 4 is 22.3 Å². The second-order valence-electron chi connectivity index (χ2n) is 6.68. The summed E-state index contributed by atoms with van der Waals surface area (Å²) in [7, 11) is 1.57. The van der Waals surface area contributed by atoms with Crippen LogP contribution in [0.5, 0.6) is 0 Å². The van der Waals surface area contributed by atoms with E-state index in [0.29, 0.717) is 24.3 Å². The number of H-pyrrole nitrogens is 1. The number of hydrogen-bond acceptors (Lipinski definition) is 6. The Labute approximate surface area is 155 Å². The fourth-order valence-corrected chi connectivity index (χ4v) is 3.69. The maximum absolute atomic E-state index is 12.6. The average Bonchev–Trinajstić information content (AvgIpc) is 3.18. The number of para-hydroxylation sites is 1. The van der Waals surface area contributed by atoms with Crippen LogP contribution in [0.2, 0.25) is 0 Å². The van der Waals surface area contributed by atoms with E-state index in [9.17, 15) is 14.9 Å². The first-order valence-electron chi connectivity index (χ1n) is 8.78. The number of pyridine rings is 1. The molecule has 140 valence electrons. The topological polar surface area (TPSA) is 100 Å². The van der Waals surface area contributed by atoms with E-state index in [0.717, 1.165) is 30.7 Å². The fourth-order valence-electron chi connectivity index (χ4n) is 3.69.